The third-order valence-corrected chi connectivity index (χ3v) is 7.59. The molecule has 0 radical (unpaired) electrons. The number of carbonyl (C=O) groups is 2. The molecule has 1 saturated carbocycles. The van der Waals surface area contributed by atoms with Crippen LogP contribution in [0.15, 0.2) is 53.0 Å². The second-order valence-electron chi connectivity index (χ2n) is 8.54. The van der Waals surface area contributed by atoms with Crippen LogP contribution in [0.1, 0.15) is 38.2 Å². The van der Waals surface area contributed by atoms with Crippen molar-refractivity contribution < 1.29 is 22.4 Å². The van der Waals surface area contributed by atoms with Gasteiger partial charge in [0.1, 0.15) is 18.4 Å². The van der Waals surface area contributed by atoms with Gasteiger partial charge in [0.25, 0.3) is 0 Å². The Morgan fingerprint density at radius 1 is 1.12 bits per heavy atom. The number of sulfonamides is 1. The Morgan fingerprint density at radius 3 is 2.32 bits per heavy atom. The van der Waals surface area contributed by atoms with Gasteiger partial charge in [-0.2, -0.15) is 0 Å². The molecule has 1 aliphatic rings. The van der Waals surface area contributed by atoms with Crippen molar-refractivity contribution in [1.82, 2.24) is 10.2 Å². The van der Waals surface area contributed by atoms with Crippen LogP contribution in [0.3, 0.4) is 0 Å². The fraction of sp³-hybridized carbons (Fsp3) is 0.417. The molecule has 3 rings (SSSR count). The lowest BCUT2D eigenvalue weighted by atomic mass is 10.1. The molecule has 0 aliphatic heterocycles. The van der Waals surface area contributed by atoms with E-state index in [2.05, 4.69) is 21.2 Å². The van der Waals surface area contributed by atoms with Gasteiger partial charge < -0.3 is 10.2 Å². The number of hydrogen-bond acceptors (Lipinski definition) is 4. The summed E-state index contributed by atoms with van der Waals surface area (Å²) in [5.74, 6) is -1.66. The number of rotatable bonds is 9. The summed E-state index contributed by atoms with van der Waals surface area (Å²) < 4.78 is 41.0. The summed E-state index contributed by atoms with van der Waals surface area (Å²) in [6, 6.07) is 11.9. The number of anilines is 1. The summed E-state index contributed by atoms with van der Waals surface area (Å²) in [5, 5.41) is 3.00. The van der Waals surface area contributed by atoms with Crippen molar-refractivity contribution in [3.8, 4) is 0 Å². The molecule has 0 bridgehead atoms. The molecule has 34 heavy (non-hydrogen) atoms. The van der Waals surface area contributed by atoms with E-state index >= 15 is 0 Å². The minimum atomic E-state index is -3.97. The van der Waals surface area contributed by atoms with Gasteiger partial charge in [-0.05, 0) is 49.6 Å². The van der Waals surface area contributed by atoms with Crippen molar-refractivity contribution in [2.45, 2.75) is 51.2 Å². The van der Waals surface area contributed by atoms with Crippen molar-refractivity contribution in [3.63, 3.8) is 0 Å². The zero-order valence-electron chi connectivity index (χ0n) is 19.2. The number of benzene rings is 2. The van der Waals surface area contributed by atoms with E-state index in [9.17, 15) is 22.4 Å². The molecule has 2 aromatic rings. The van der Waals surface area contributed by atoms with Gasteiger partial charge in [0.05, 0.1) is 11.9 Å². The van der Waals surface area contributed by atoms with E-state index in [1.807, 2.05) is 24.3 Å². The maximum atomic E-state index is 14.4. The van der Waals surface area contributed by atoms with E-state index in [0.29, 0.717) is 0 Å². The van der Waals surface area contributed by atoms with Crippen LogP contribution in [0.5, 0.6) is 0 Å². The highest BCUT2D eigenvalue weighted by atomic mass is 79.9. The fourth-order valence-electron chi connectivity index (χ4n) is 4.01. The van der Waals surface area contributed by atoms with Crippen LogP contribution in [0.25, 0.3) is 0 Å². The van der Waals surface area contributed by atoms with E-state index in [1.165, 1.54) is 23.1 Å². The summed E-state index contributed by atoms with van der Waals surface area (Å²) in [7, 11) is -3.97. The number of nitrogens with one attached hydrogen (secondary N) is 1. The Hall–Kier alpha value is -2.46. The monoisotopic (exact) mass is 553 g/mol. The summed E-state index contributed by atoms with van der Waals surface area (Å²) in [6.07, 6.45) is 4.81. The molecule has 7 nitrogen and oxygen atoms in total. The minimum absolute atomic E-state index is 0.0746. The Labute approximate surface area is 208 Å². The molecule has 1 N–H and O–H groups in total. The Bertz CT molecular complexity index is 1120. The van der Waals surface area contributed by atoms with Crippen LogP contribution in [-0.4, -0.2) is 50.0 Å². The number of para-hydroxylation sites is 1. The summed E-state index contributed by atoms with van der Waals surface area (Å²) >= 11 is 3.38. The number of hydrogen-bond donors (Lipinski definition) is 1. The van der Waals surface area contributed by atoms with Crippen molar-refractivity contribution in [2.75, 3.05) is 17.1 Å². The lowest BCUT2D eigenvalue weighted by Crippen LogP contribution is -2.52. The Kier molecular flexibility index (Phi) is 8.70. The second-order valence-corrected chi connectivity index (χ2v) is 11.4. The number of amides is 2. The quantitative estimate of drug-likeness (QED) is 0.511. The van der Waals surface area contributed by atoms with Gasteiger partial charge in [-0.3, -0.25) is 13.9 Å². The molecule has 2 amide bonds. The van der Waals surface area contributed by atoms with E-state index in [4.69, 9.17) is 0 Å². The molecule has 0 saturated heterocycles. The van der Waals surface area contributed by atoms with Crippen LogP contribution in [0.2, 0.25) is 0 Å². The molecule has 184 valence electrons. The average Bonchev–Trinajstić information content (AvgIpc) is 3.29. The zero-order chi connectivity index (χ0) is 24.9. The van der Waals surface area contributed by atoms with Crippen molar-refractivity contribution >= 4 is 43.5 Å². The number of halogens is 2. The number of carbonyl (C=O) groups excluding carboxylic acids is 2. The minimum Gasteiger partial charge on any atom is -0.352 e. The van der Waals surface area contributed by atoms with Gasteiger partial charge >= 0.3 is 0 Å². The molecule has 10 heteroatoms. The number of nitrogens with zero attached hydrogens (tertiary/aromatic N) is 2. The molecule has 0 aromatic heterocycles. The smallest absolute Gasteiger partial charge is 0.244 e. The van der Waals surface area contributed by atoms with Gasteiger partial charge in [0.2, 0.25) is 21.8 Å². The van der Waals surface area contributed by atoms with E-state index < -0.39 is 34.3 Å². The van der Waals surface area contributed by atoms with Gasteiger partial charge in [0.15, 0.2) is 0 Å². The van der Waals surface area contributed by atoms with Gasteiger partial charge in [-0.25, -0.2) is 12.8 Å². The molecule has 1 unspecified atom stereocenters. The third-order valence-electron chi connectivity index (χ3n) is 5.94. The summed E-state index contributed by atoms with van der Waals surface area (Å²) in [5.41, 5.74) is 0.555. The lowest BCUT2D eigenvalue weighted by molar-refractivity contribution is -0.139. The fourth-order valence-corrected chi connectivity index (χ4v) is 5.12. The van der Waals surface area contributed by atoms with E-state index in [0.717, 1.165) is 52.3 Å². The molecule has 1 aliphatic carbocycles. The molecular formula is C24H29BrFN3O4S. The van der Waals surface area contributed by atoms with Crippen LogP contribution < -0.4 is 9.62 Å². The molecular weight excluding hydrogens is 525 g/mol. The normalized spacial score (nSPS) is 15.1. The van der Waals surface area contributed by atoms with Crippen LogP contribution in [0.4, 0.5) is 10.1 Å². The largest absolute Gasteiger partial charge is 0.352 e. The van der Waals surface area contributed by atoms with Crippen LogP contribution in [0, 0.1) is 5.82 Å². The first kappa shape index (κ1) is 26.2. The first-order valence-electron chi connectivity index (χ1n) is 11.1. The first-order valence-corrected chi connectivity index (χ1v) is 13.8. The summed E-state index contributed by atoms with van der Waals surface area (Å²) in [6.45, 7) is 1.09. The molecule has 1 fully saturated rings. The highest BCUT2D eigenvalue weighted by Crippen LogP contribution is 2.23. The SMILES string of the molecule is CC(C(=O)NC1CCCC1)N(Cc1ccc(Br)cc1)C(=O)CN(c1ccccc1F)S(C)(=O)=O. The van der Waals surface area contributed by atoms with Gasteiger partial charge in [-0.15, -0.1) is 0 Å². The predicted molar refractivity (Wildman–Crippen MR) is 133 cm³/mol. The van der Waals surface area contributed by atoms with Crippen molar-refractivity contribution in [2.24, 2.45) is 0 Å². The standard InChI is InChI=1S/C24H29BrFN3O4S/c1-17(24(31)27-20-7-3-4-8-20)28(15-18-11-13-19(25)14-12-18)23(30)16-29(34(2,32)33)22-10-6-5-9-21(22)26/h5-6,9-14,17,20H,3-4,7-8,15-16H2,1-2H3,(H,27,31). The zero-order valence-corrected chi connectivity index (χ0v) is 21.6. The molecule has 2 aromatic carbocycles. The maximum absolute atomic E-state index is 14.4. The Balaban J connectivity index is 1.88. The van der Waals surface area contributed by atoms with Crippen LogP contribution >= 0.6 is 15.9 Å². The average molecular weight is 554 g/mol. The predicted octanol–water partition coefficient (Wildman–Crippen LogP) is 3.83. The molecule has 1 atom stereocenters. The summed E-state index contributed by atoms with van der Waals surface area (Å²) in [4.78, 5) is 27.8. The van der Waals surface area contributed by atoms with Crippen molar-refractivity contribution in [1.29, 1.82) is 0 Å². The first-order chi connectivity index (χ1) is 16.1. The maximum Gasteiger partial charge on any atom is 0.244 e. The molecule has 0 heterocycles. The molecule has 0 spiro atoms. The van der Waals surface area contributed by atoms with Gasteiger partial charge in [0, 0.05) is 17.1 Å². The highest BCUT2D eigenvalue weighted by Gasteiger charge is 2.32. The van der Waals surface area contributed by atoms with E-state index in [-0.39, 0.29) is 24.2 Å². The van der Waals surface area contributed by atoms with Gasteiger partial charge in [-0.1, -0.05) is 53.0 Å². The highest BCUT2D eigenvalue weighted by molar-refractivity contribution is 9.10. The Morgan fingerprint density at radius 2 is 1.74 bits per heavy atom. The second kappa shape index (κ2) is 11.3. The lowest BCUT2D eigenvalue weighted by Gasteiger charge is -2.32. The third kappa shape index (κ3) is 6.79. The van der Waals surface area contributed by atoms with E-state index in [1.54, 1.807) is 6.92 Å². The topological polar surface area (TPSA) is 86.8 Å². The van der Waals surface area contributed by atoms with Crippen molar-refractivity contribution in [3.05, 3.63) is 64.4 Å². The van der Waals surface area contributed by atoms with Crippen LogP contribution in [-0.2, 0) is 26.2 Å².